The minimum Gasteiger partial charge on any atom is -0.467 e. The number of carbonyl (C=O) groups excluding carboxylic acids is 3. The van der Waals surface area contributed by atoms with Gasteiger partial charge in [-0.05, 0) is 40.2 Å². The smallest absolute Gasteiger partial charge is 0.407 e. The van der Waals surface area contributed by atoms with Crippen LogP contribution in [-0.4, -0.2) is 62.3 Å². The number of alkyl carbamates (subject to hydrolysis) is 1. The van der Waals surface area contributed by atoms with Gasteiger partial charge >= 0.3 is 12.1 Å². The van der Waals surface area contributed by atoms with Gasteiger partial charge in [-0.1, -0.05) is 75.4 Å². The van der Waals surface area contributed by atoms with Crippen LogP contribution in [0.3, 0.4) is 0 Å². The van der Waals surface area contributed by atoms with Crippen LogP contribution in [0.1, 0.15) is 44.7 Å². The van der Waals surface area contributed by atoms with Gasteiger partial charge in [-0.15, -0.1) is 0 Å². The van der Waals surface area contributed by atoms with Crippen molar-refractivity contribution < 1.29 is 28.6 Å². The van der Waals surface area contributed by atoms with Crippen molar-refractivity contribution in [3.63, 3.8) is 0 Å². The molecule has 1 N–H and O–H groups in total. The van der Waals surface area contributed by atoms with Crippen LogP contribution < -0.4 is 5.32 Å². The first-order valence-corrected chi connectivity index (χ1v) is 12.8. The summed E-state index contributed by atoms with van der Waals surface area (Å²) < 4.78 is 16.6. The molecule has 202 valence electrons. The van der Waals surface area contributed by atoms with Crippen LogP contribution in [0.2, 0.25) is 0 Å². The van der Waals surface area contributed by atoms with Gasteiger partial charge in [0.05, 0.1) is 20.3 Å². The van der Waals surface area contributed by atoms with Crippen LogP contribution in [0.25, 0.3) is 17.2 Å². The molecule has 4 rings (SSSR count). The first kappa shape index (κ1) is 27.4. The monoisotopic (exact) mass is 520 g/mol. The van der Waals surface area contributed by atoms with E-state index in [-0.39, 0.29) is 19.6 Å². The van der Waals surface area contributed by atoms with Gasteiger partial charge in [0.2, 0.25) is 5.91 Å². The summed E-state index contributed by atoms with van der Waals surface area (Å²) >= 11 is 0. The lowest BCUT2D eigenvalue weighted by molar-refractivity contribution is -0.152. The molecule has 2 aromatic rings. The van der Waals surface area contributed by atoms with Crippen molar-refractivity contribution in [2.45, 2.75) is 51.3 Å². The Balaban J connectivity index is 1.86. The lowest BCUT2D eigenvalue weighted by atomic mass is 9.85. The molecule has 8 heteroatoms. The lowest BCUT2D eigenvalue weighted by Gasteiger charge is -2.35. The number of carbonyl (C=O) groups is 3. The van der Waals surface area contributed by atoms with E-state index in [0.29, 0.717) is 6.42 Å². The lowest BCUT2D eigenvalue weighted by Crippen LogP contribution is -2.57. The van der Waals surface area contributed by atoms with Gasteiger partial charge in [0.25, 0.3) is 0 Å². The van der Waals surface area contributed by atoms with Crippen molar-refractivity contribution in [1.29, 1.82) is 0 Å². The highest BCUT2D eigenvalue weighted by molar-refractivity contribution is 5.91. The Hall–Kier alpha value is -3.65. The topological polar surface area (TPSA) is 94.2 Å². The van der Waals surface area contributed by atoms with Crippen molar-refractivity contribution in [1.82, 2.24) is 10.2 Å². The van der Waals surface area contributed by atoms with Gasteiger partial charge in [-0.2, -0.15) is 0 Å². The van der Waals surface area contributed by atoms with E-state index in [1.807, 2.05) is 75.4 Å². The fraction of sp³-hybridized carbons (Fsp3) is 0.433. The Morgan fingerprint density at radius 1 is 1.11 bits per heavy atom. The van der Waals surface area contributed by atoms with Crippen LogP contribution >= 0.6 is 0 Å². The maximum atomic E-state index is 14.0. The molecule has 0 aliphatic carbocycles. The zero-order valence-corrected chi connectivity index (χ0v) is 22.7. The van der Waals surface area contributed by atoms with E-state index in [1.54, 1.807) is 7.11 Å². The normalized spacial score (nSPS) is 24.2. The van der Waals surface area contributed by atoms with E-state index in [1.165, 1.54) is 12.0 Å². The van der Waals surface area contributed by atoms with Gasteiger partial charge in [0, 0.05) is 13.5 Å². The molecular weight excluding hydrogens is 484 g/mol. The second kappa shape index (κ2) is 11.0. The fourth-order valence-electron chi connectivity index (χ4n) is 5.19. The van der Waals surface area contributed by atoms with Gasteiger partial charge in [0.1, 0.15) is 17.7 Å². The molecule has 0 radical (unpaired) electrons. The summed E-state index contributed by atoms with van der Waals surface area (Å²) in [5, 5.41) is 2.73. The molecular formula is C30H36N2O6. The quantitative estimate of drug-likeness (QED) is 0.598. The Morgan fingerprint density at radius 3 is 2.50 bits per heavy atom. The Morgan fingerprint density at radius 2 is 1.84 bits per heavy atom. The standard InChI is InChI=1S/C30H36N2O6/c1-29(2,3)25-26(33)32-19-30(37-5,18-24(32)27(34)36-4)22-14-15-23(20-11-7-6-8-12-20)21(17-22)13-9-10-16-38-28(35)31-25/h6-9,11-15,17,24-25H,10,16,18-19H2,1-5H3,(H,31,35)/t24-,25+,30-/m0/s1. The van der Waals surface area contributed by atoms with Gasteiger partial charge < -0.3 is 24.4 Å². The fourth-order valence-corrected chi connectivity index (χ4v) is 5.19. The van der Waals surface area contributed by atoms with E-state index in [4.69, 9.17) is 14.2 Å². The zero-order valence-electron chi connectivity index (χ0n) is 22.7. The maximum absolute atomic E-state index is 14.0. The molecule has 2 amide bonds. The van der Waals surface area contributed by atoms with Crippen molar-refractivity contribution >= 4 is 24.0 Å². The molecule has 2 heterocycles. The van der Waals surface area contributed by atoms with Crippen LogP contribution in [0.4, 0.5) is 4.79 Å². The summed E-state index contributed by atoms with van der Waals surface area (Å²) in [6.45, 7) is 5.85. The molecule has 0 spiro atoms. The molecule has 38 heavy (non-hydrogen) atoms. The average molecular weight is 521 g/mol. The minimum absolute atomic E-state index is 0.124. The third-order valence-electron chi connectivity index (χ3n) is 7.32. The number of benzene rings is 2. The number of hydrogen-bond donors (Lipinski definition) is 1. The third kappa shape index (κ3) is 5.45. The van der Waals surface area contributed by atoms with Crippen LogP contribution in [0.15, 0.2) is 54.6 Å². The van der Waals surface area contributed by atoms with E-state index in [0.717, 1.165) is 22.3 Å². The number of nitrogens with one attached hydrogen (secondary N) is 1. The van der Waals surface area contributed by atoms with Gasteiger partial charge in [-0.25, -0.2) is 9.59 Å². The predicted octanol–water partition coefficient (Wildman–Crippen LogP) is 4.53. The minimum atomic E-state index is -0.949. The second-order valence-electron chi connectivity index (χ2n) is 10.8. The van der Waals surface area contributed by atoms with E-state index < -0.39 is 41.1 Å². The van der Waals surface area contributed by atoms with E-state index in [2.05, 4.69) is 11.4 Å². The number of esters is 1. The number of cyclic esters (lactones) is 1. The average Bonchev–Trinajstić information content (AvgIpc) is 3.31. The molecule has 1 saturated heterocycles. The molecule has 2 aliphatic heterocycles. The first-order chi connectivity index (χ1) is 18.1. The number of methoxy groups -OCH3 is 2. The Kier molecular flexibility index (Phi) is 7.92. The Labute approximate surface area is 223 Å². The van der Waals surface area contributed by atoms with Crippen molar-refractivity contribution in [2.75, 3.05) is 27.4 Å². The number of ether oxygens (including phenoxy) is 3. The predicted molar refractivity (Wildman–Crippen MR) is 144 cm³/mol. The molecule has 3 atom stereocenters. The van der Waals surface area contributed by atoms with E-state index in [9.17, 15) is 14.4 Å². The molecule has 1 fully saturated rings. The maximum Gasteiger partial charge on any atom is 0.407 e. The number of nitrogens with zero attached hydrogens (tertiary/aromatic N) is 1. The summed E-state index contributed by atoms with van der Waals surface area (Å²) in [6.07, 6.45) is 4.01. The molecule has 2 aliphatic rings. The molecule has 0 unspecified atom stereocenters. The molecule has 4 bridgehead atoms. The number of hydrogen-bond acceptors (Lipinski definition) is 6. The molecule has 8 nitrogen and oxygen atoms in total. The van der Waals surface area contributed by atoms with Gasteiger partial charge in [0.15, 0.2) is 0 Å². The highest BCUT2D eigenvalue weighted by Crippen LogP contribution is 2.42. The number of rotatable bonds is 3. The largest absolute Gasteiger partial charge is 0.467 e. The summed E-state index contributed by atoms with van der Waals surface area (Å²) in [4.78, 5) is 41.0. The SMILES string of the molecule is COC(=O)[C@@H]1C[C@]2(OC)CN1C(=O)[C@H](C(C)(C)C)NC(=O)OCCC=Cc1cc2ccc1-c1ccccc1. The molecule has 0 aromatic heterocycles. The van der Waals surface area contributed by atoms with Crippen molar-refractivity contribution in [2.24, 2.45) is 5.41 Å². The highest BCUT2D eigenvalue weighted by Gasteiger charge is 2.53. The van der Waals surface area contributed by atoms with Crippen molar-refractivity contribution in [3.05, 3.63) is 65.7 Å². The van der Waals surface area contributed by atoms with Gasteiger partial charge in [-0.3, -0.25) is 4.79 Å². The zero-order chi connectivity index (χ0) is 27.5. The van der Waals surface area contributed by atoms with E-state index >= 15 is 0 Å². The number of amides is 2. The Bertz CT molecular complexity index is 1220. The van der Waals surface area contributed by atoms with Crippen LogP contribution in [0, 0.1) is 5.41 Å². The highest BCUT2D eigenvalue weighted by atomic mass is 16.5. The summed E-state index contributed by atoms with van der Waals surface area (Å²) in [7, 11) is 2.89. The van der Waals surface area contributed by atoms with Crippen LogP contribution in [-0.2, 0) is 29.4 Å². The summed E-state index contributed by atoms with van der Waals surface area (Å²) in [5.41, 5.74) is 2.30. The first-order valence-electron chi connectivity index (χ1n) is 12.8. The third-order valence-corrected chi connectivity index (χ3v) is 7.32. The number of fused-ring (bicyclic) bond motifs is 5. The molecule has 0 saturated carbocycles. The summed E-state index contributed by atoms with van der Waals surface area (Å²) in [6, 6.07) is 14.3. The van der Waals surface area contributed by atoms with Crippen molar-refractivity contribution in [3.8, 4) is 11.1 Å². The second-order valence-corrected chi connectivity index (χ2v) is 10.8. The summed E-state index contributed by atoms with van der Waals surface area (Å²) in [5.74, 6) is -0.924. The molecule has 2 aromatic carbocycles. The van der Waals surface area contributed by atoms with Crippen LogP contribution in [0.5, 0.6) is 0 Å².